The van der Waals surface area contributed by atoms with Gasteiger partial charge in [0.15, 0.2) is 0 Å². The van der Waals surface area contributed by atoms with E-state index in [-0.39, 0.29) is 12.6 Å². The topological polar surface area (TPSA) is 65.5 Å². The minimum absolute atomic E-state index is 0.105. The van der Waals surface area contributed by atoms with Gasteiger partial charge in [-0.25, -0.2) is 9.78 Å². The molecule has 0 bridgehead atoms. The zero-order chi connectivity index (χ0) is 14.2. The number of nitrogens with one attached hydrogen (secondary N) is 1. The number of pyridine rings is 1. The highest BCUT2D eigenvalue weighted by Crippen LogP contribution is 2.12. The van der Waals surface area contributed by atoms with E-state index in [4.69, 9.17) is 5.11 Å². The van der Waals surface area contributed by atoms with Gasteiger partial charge in [0.2, 0.25) is 0 Å². The monoisotopic (exact) mass is 273 g/mol. The van der Waals surface area contributed by atoms with Crippen LogP contribution in [-0.2, 0) is 0 Å². The molecule has 1 saturated heterocycles. The Morgan fingerprint density at radius 2 is 2.10 bits per heavy atom. The van der Waals surface area contributed by atoms with E-state index in [1.807, 2.05) is 4.90 Å². The lowest BCUT2D eigenvalue weighted by Gasteiger charge is -2.20. The fraction of sp³-hybridized carbons (Fsp3) is 0.467. The van der Waals surface area contributed by atoms with Gasteiger partial charge in [-0.15, -0.1) is 0 Å². The van der Waals surface area contributed by atoms with Crippen LogP contribution in [0, 0.1) is 11.8 Å². The molecule has 0 aromatic carbocycles. The van der Waals surface area contributed by atoms with E-state index >= 15 is 0 Å². The lowest BCUT2D eigenvalue weighted by atomic mass is 10.2. The van der Waals surface area contributed by atoms with Gasteiger partial charge >= 0.3 is 6.03 Å². The van der Waals surface area contributed by atoms with Gasteiger partial charge in [0.1, 0.15) is 12.4 Å². The van der Waals surface area contributed by atoms with E-state index in [2.05, 4.69) is 22.1 Å². The Balaban J connectivity index is 1.99. The number of rotatable bonds is 1. The molecule has 20 heavy (non-hydrogen) atoms. The molecule has 5 heteroatoms. The SMILES string of the molecule is O=C(Nc1cc(C#CCO)ccn1)N1CCCCCC1. The maximum absolute atomic E-state index is 12.1. The van der Waals surface area contributed by atoms with Gasteiger partial charge in [0.25, 0.3) is 0 Å². The van der Waals surface area contributed by atoms with E-state index < -0.39 is 0 Å². The quantitative estimate of drug-likeness (QED) is 0.767. The van der Waals surface area contributed by atoms with Crippen LogP contribution in [-0.4, -0.2) is 40.7 Å². The summed E-state index contributed by atoms with van der Waals surface area (Å²) in [4.78, 5) is 18.1. The molecular formula is C15H19N3O2. The van der Waals surface area contributed by atoms with E-state index in [1.54, 1.807) is 18.3 Å². The minimum atomic E-state index is -0.183. The van der Waals surface area contributed by atoms with Crippen molar-refractivity contribution in [1.29, 1.82) is 0 Å². The lowest BCUT2D eigenvalue weighted by Crippen LogP contribution is -2.35. The molecule has 2 heterocycles. The summed E-state index contributed by atoms with van der Waals surface area (Å²) in [7, 11) is 0. The zero-order valence-electron chi connectivity index (χ0n) is 11.4. The summed E-state index contributed by atoms with van der Waals surface area (Å²) >= 11 is 0. The number of anilines is 1. The first-order valence-electron chi connectivity index (χ1n) is 6.91. The summed E-state index contributed by atoms with van der Waals surface area (Å²) in [5, 5.41) is 11.5. The van der Waals surface area contributed by atoms with Crippen molar-refractivity contribution in [3.8, 4) is 11.8 Å². The van der Waals surface area contributed by atoms with Crippen LogP contribution in [0.3, 0.4) is 0 Å². The molecule has 1 aliphatic heterocycles. The van der Waals surface area contributed by atoms with Crippen molar-refractivity contribution in [2.24, 2.45) is 0 Å². The maximum atomic E-state index is 12.1. The molecule has 0 saturated carbocycles. The normalized spacial score (nSPS) is 14.9. The highest BCUT2D eigenvalue weighted by molar-refractivity contribution is 5.88. The van der Waals surface area contributed by atoms with Crippen molar-refractivity contribution < 1.29 is 9.90 Å². The predicted octanol–water partition coefficient (Wildman–Crippen LogP) is 1.83. The number of likely N-dealkylation sites (tertiary alicyclic amines) is 1. The van der Waals surface area contributed by atoms with Crippen molar-refractivity contribution in [1.82, 2.24) is 9.88 Å². The molecule has 1 aliphatic rings. The summed E-state index contributed by atoms with van der Waals surface area (Å²) in [6.07, 6.45) is 6.09. The smallest absolute Gasteiger partial charge is 0.323 e. The first-order valence-corrected chi connectivity index (χ1v) is 6.91. The van der Waals surface area contributed by atoms with Crippen LogP contribution in [0.1, 0.15) is 31.2 Å². The number of hydrogen-bond donors (Lipinski definition) is 2. The van der Waals surface area contributed by atoms with Crippen LogP contribution < -0.4 is 5.32 Å². The van der Waals surface area contributed by atoms with Crippen molar-refractivity contribution >= 4 is 11.8 Å². The molecule has 0 atom stereocenters. The first-order chi connectivity index (χ1) is 9.79. The van der Waals surface area contributed by atoms with Crippen LogP contribution in [0.25, 0.3) is 0 Å². The van der Waals surface area contributed by atoms with Gasteiger partial charge in [-0.1, -0.05) is 24.7 Å². The number of aliphatic hydroxyl groups is 1. The highest BCUT2D eigenvalue weighted by atomic mass is 16.2. The third-order valence-corrected chi connectivity index (χ3v) is 3.20. The standard InChI is InChI=1S/C15H19N3O2/c19-11-5-6-13-7-8-16-14(12-13)17-15(20)18-9-3-1-2-4-10-18/h7-8,12,19H,1-4,9-11H2,(H,16,17,20). The van der Waals surface area contributed by atoms with Gasteiger partial charge in [-0.05, 0) is 25.0 Å². The van der Waals surface area contributed by atoms with E-state index in [0.29, 0.717) is 5.82 Å². The molecule has 2 N–H and O–H groups in total. The molecule has 2 rings (SSSR count). The molecular weight excluding hydrogens is 254 g/mol. The number of carbonyl (C=O) groups excluding carboxylic acids is 1. The molecule has 0 radical (unpaired) electrons. The largest absolute Gasteiger partial charge is 0.384 e. The fourth-order valence-corrected chi connectivity index (χ4v) is 2.18. The van der Waals surface area contributed by atoms with E-state index in [9.17, 15) is 4.79 Å². The molecule has 0 aliphatic carbocycles. The van der Waals surface area contributed by atoms with Crippen LogP contribution >= 0.6 is 0 Å². The Bertz CT molecular complexity index is 511. The predicted molar refractivity (Wildman–Crippen MR) is 77.3 cm³/mol. The van der Waals surface area contributed by atoms with Crippen LogP contribution in [0.15, 0.2) is 18.3 Å². The average molecular weight is 273 g/mol. The summed E-state index contributed by atoms with van der Waals surface area (Å²) in [6.45, 7) is 1.42. The second-order valence-electron chi connectivity index (χ2n) is 4.72. The Hall–Kier alpha value is -2.06. The van der Waals surface area contributed by atoms with E-state index in [1.165, 1.54) is 12.8 Å². The molecule has 106 valence electrons. The molecule has 5 nitrogen and oxygen atoms in total. The average Bonchev–Trinajstić information content (AvgIpc) is 2.74. The minimum Gasteiger partial charge on any atom is -0.384 e. The van der Waals surface area contributed by atoms with Gasteiger partial charge in [-0.3, -0.25) is 5.32 Å². The molecule has 1 fully saturated rings. The van der Waals surface area contributed by atoms with Crippen LogP contribution in [0.4, 0.5) is 10.6 Å². The molecule has 1 aromatic rings. The second kappa shape index (κ2) is 7.51. The summed E-state index contributed by atoms with van der Waals surface area (Å²) in [5.74, 6) is 5.85. The number of amides is 2. The van der Waals surface area contributed by atoms with Gasteiger partial charge < -0.3 is 10.0 Å². The summed E-state index contributed by atoms with van der Waals surface area (Å²) < 4.78 is 0. The van der Waals surface area contributed by atoms with Crippen molar-refractivity contribution in [3.05, 3.63) is 23.9 Å². The van der Waals surface area contributed by atoms with Gasteiger partial charge in [-0.2, -0.15) is 0 Å². The second-order valence-corrected chi connectivity index (χ2v) is 4.72. The first kappa shape index (κ1) is 14.4. The van der Waals surface area contributed by atoms with Gasteiger partial charge in [0, 0.05) is 24.8 Å². The Labute approximate surface area is 119 Å². The third-order valence-electron chi connectivity index (χ3n) is 3.20. The van der Waals surface area contributed by atoms with Gasteiger partial charge in [0.05, 0.1) is 0 Å². The summed E-state index contributed by atoms with van der Waals surface area (Å²) in [6, 6.07) is 3.34. The number of aromatic nitrogens is 1. The number of hydrogen-bond acceptors (Lipinski definition) is 3. The van der Waals surface area contributed by atoms with Crippen molar-refractivity contribution in [2.45, 2.75) is 25.7 Å². The Morgan fingerprint density at radius 3 is 2.80 bits per heavy atom. The van der Waals surface area contributed by atoms with Crippen molar-refractivity contribution in [2.75, 3.05) is 25.0 Å². The maximum Gasteiger partial charge on any atom is 0.323 e. The van der Waals surface area contributed by atoms with Crippen LogP contribution in [0.5, 0.6) is 0 Å². The number of urea groups is 1. The number of nitrogens with zero attached hydrogens (tertiary/aromatic N) is 2. The molecule has 0 spiro atoms. The Kier molecular flexibility index (Phi) is 5.39. The highest BCUT2D eigenvalue weighted by Gasteiger charge is 2.15. The molecule has 1 aromatic heterocycles. The summed E-state index contributed by atoms with van der Waals surface area (Å²) in [5.41, 5.74) is 0.722. The van der Waals surface area contributed by atoms with E-state index in [0.717, 1.165) is 31.5 Å². The van der Waals surface area contributed by atoms with Crippen LogP contribution in [0.2, 0.25) is 0 Å². The lowest BCUT2D eigenvalue weighted by molar-refractivity contribution is 0.213. The number of aliphatic hydroxyl groups excluding tert-OH is 1. The molecule has 0 unspecified atom stereocenters. The van der Waals surface area contributed by atoms with Crippen molar-refractivity contribution in [3.63, 3.8) is 0 Å². The zero-order valence-corrected chi connectivity index (χ0v) is 11.4. The third kappa shape index (κ3) is 4.25. The number of carbonyl (C=O) groups is 1. The molecule has 2 amide bonds. The Morgan fingerprint density at radius 1 is 1.35 bits per heavy atom. The fourth-order valence-electron chi connectivity index (χ4n) is 2.18.